The molecule has 0 aliphatic carbocycles. The van der Waals surface area contributed by atoms with Gasteiger partial charge in [0.1, 0.15) is 31.2 Å². The van der Waals surface area contributed by atoms with Crippen LogP contribution in [0.5, 0.6) is 0 Å². The molecule has 0 unspecified atom stereocenters. The van der Waals surface area contributed by atoms with Gasteiger partial charge in [0.05, 0.1) is 41.1 Å². The first-order valence-electron chi connectivity index (χ1n) is 25.4. The Hall–Kier alpha value is -6.67. The minimum absolute atomic E-state index is 0.0115. The van der Waals surface area contributed by atoms with E-state index in [2.05, 4.69) is 61.8 Å². The van der Waals surface area contributed by atoms with Gasteiger partial charge < -0.3 is 45.3 Å². The second kappa shape index (κ2) is 25.7. The van der Waals surface area contributed by atoms with Gasteiger partial charge >= 0.3 is 5.97 Å². The minimum Gasteiger partial charge on any atom is -0.458 e. The number of carbonyl (C=O) groups excluding carboxylic acids is 5. The van der Waals surface area contributed by atoms with Gasteiger partial charge in [0, 0.05) is 60.7 Å². The largest absolute Gasteiger partial charge is 0.458 e. The molecule has 0 bridgehead atoms. The van der Waals surface area contributed by atoms with E-state index < -0.39 is 69.1 Å². The quantitative estimate of drug-likeness (QED) is 0.0185. The highest BCUT2D eigenvalue weighted by molar-refractivity contribution is 7.90. The molecule has 0 radical (unpaired) electrons. The van der Waals surface area contributed by atoms with Crippen molar-refractivity contribution in [2.75, 3.05) is 45.8 Å². The number of pyridine rings is 2. The molecule has 404 valence electrons. The van der Waals surface area contributed by atoms with Crippen molar-refractivity contribution in [1.29, 1.82) is 0 Å². The average molecular weight is 1060 g/mol. The first-order valence-corrected chi connectivity index (χ1v) is 27.3. The fraction of sp³-hybridized carbons (Fsp3) is 0.528. The molecule has 4 aromatic rings. The van der Waals surface area contributed by atoms with Gasteiger partial charge in [-0.2, -0.15) is 0 Å². The molecule has 22 heteroatoms. The number of sulfone groups is 1. The summed E-state index contributed by atoms with van der Waals surface area (Å²) < 4.78 is 50.7. The van der Waals surface area contributed by atoms with Crippen LogP contribution in [0, 0.1) is 30.5 Å². The van der Waals surface area contributed by atoms with Crippen LogP contribution in [0.1, 0.15) is 119 Å². The summed E-state index contributed by atoms with van der Waals surface area (Å²) >= 11 is 0. The van der Waals surface area contributed by atoms with Gasteiger partial charge in [-0.15, -0.1) is 0 Å². The predicted molar refractivity (Wildman–Crippen MR) is 276 cm³/mol. The van der Waals surface area contributed by atoms with Gasteiger partial charge in [-0.25, -0.2) is 32.6 Å². The van der Waals surface area contributed by atoms with Crippen LogP contribution >= 0.6 is 0 Å². The topological polar surface area (TPSA) is 270 Å². The maximum atomic E-state index is 15.0. The number of esters is 1. The molecule has 20 nitrogen and oxygen atoms in total. The van der Waals surface area contributed by atoms with Crippen molar-refractivity contribution in [1.82, 2.24) is 45.7 Å². The van der Waals surface area contributed by atoms with Gasteiger partial charge in [-0.05, 0) is 101 Å². The van der Waals surface area contributed by atoms with E-state index in [1.54, 1.807) is 39.8 Å². The highest BCUT2D eigenvalue weighted by Crippen LogP contribution is 2.41. The standard InChI is InChI=1S/C53H68FN9O11S/c1-8-53(70)39-24-43-47-37(29-63(43)50(68)38(39)30-74-51(53)69)35(36-23-33(6)40(54)25-42(36)59-47)18-16-22-73-31-58-45(65)28-55-48(66)41(19-14-15-21-62(9-2)10-3)60-49(67)46(32(4)5)61-44(64)20-13-11-12-17-34-26-56-52(57-27-34)75(7,71)72/h23-27,32,41,46,70H,8-11,13-16,18-22,28-31H2,1-7H3,(H,55,66)(H,58,65)(H,60,67)(H,61,64)/t41-,46-,53-/m0/s1. The van der Waals surface area contributed by atoms with Crippen LogP contribution in [-0.4, -0.2) is 125 Å². The molecule has 5 N–H and O–H groups in total. The molecule has 4 amide bonds. The zero-order valence-corrected chi connectivity index (χ0v) is 44.5. The number of nitrogens with one attached hydrogen (secondary N) is 4. The number of aryl methyl sites for hydroxylation is 2. The molecule has 3 aromatic heterocycles. The molecule has 75 heavy (non-hydrogen) atoms. The van der Waals surface area contributed by atoms with E-state index in [1.165, 1.54) is 23.0 Å². The molecular formula is C53H68FN9O11S. The second-order valence-electron chi connectivity index (χ2n) is 19.2. The van der Waals surface area contributed by atoms with Crippen LogP contribution in [0.25, 0.3) is 22.3 Å². The van der Waals surface area contributed by atoms with E-state index in [0.717, 1.165) is 43.4 Å². The molecule has 2 aliphatic heterocycles. The first-order chi connectivity index (χ1) is 35.7. The Bertz CT molecular complexity index is 3020. The van der Waals surface area contributed by atoms with E-state index in [9.17, 15) is 46.7 Å². The molecule has 0 spiro atoms. The summed E-state index contributed by atoms with van der Waals surface area (Å²) in [5, 5.41) is 22.6. The Morgan fingerprint density at radius 2 is 1.71 bits per heavy atom. The smallest absolute Gasteiger partial charge is 0.343 e. The molecule has 5 heterocycles. The third kappa shape index (κ3) is 14.2. The minimum atomic E-state index is -3.54. The molecule has 0 fully saturated rings. The van der Waals surface area contributed by atoms with Gasteiger partial charge in [0.2, 0.25) is 38.6 Å². The summed E-state index contributed by atoms with van der Waals surface area (Å²) in [7, 11) is -3.54. The predicted octanol–water partition coefficient (Wildman–Crippen LogP) is 3.22. The van der Waals surface area contributed by atoms with Crippen LogP contribution < -0.4 is 26.8 Å². The zero-order valence-electron chi connectivity index (χ0n) is 43.7. The number of nitrogens with zero attached hydrogens (tertiary/aromatic N) is 5. The third-order valence-electron chi connectivity index (χ3n) is 13.5. The number of ether oxygens (including phenoxy) is 2. The number of fused-ring (bicyclic) bond motifs is 5. The van der Waals surface area contributed by atoms with Crippen LogP contribution in [0.2, 0.25) is 0 Å². The van der Waals surface area contributed by atoms with Gasteiger partial charge in [-0.3, -0.25) is 24.0 Å². The molecular weight excluding hydrogens is 990 g/mol. The van der Waals surface area contributed by atoms with Gasteiger partial charge in [0.15, 0.2) is 5.60 Å². The number of aromatic nitrogens is 4. The van der Waals surface area contributed by atoms with Crippen LogP contribution in [-0.2, 0) is 68.5 Å². The molecule has 3 atom stereocenters. The van der Waals surface area contributed by atoms with Crippen LogP contribution in [0.4, 0.5) is 4.39 Å². The number of unbranched alkanes of at least 4 members (excludes halogenated alkanes) is 2. The Balaban J connectivity index is 1.01. The van der Waals surface area contributed by atoms with Crippen molar-refractivity contribution in [2.24, 2.45) is 5.92 Å². The molecule has 2 aliphatic rings. The number of benzene rings is 1. The fourth-order valence-electron chi connectivity index (χ4n) is 9.09. The van der Waals surface area contributed by atoms with E-state index in [-0.39, 0.29) is 73.9 Å². The third-order valence-corrected chi connectivity index (χ3v) is 14.4. The van der Waals surface area contributed by atoms with Crippen molar-refractivity contribution >= 4 is 50.3 Å². The van der Waals surface area contributed by atoms with E-state index >= 15 is 0 Å². The van der Waals surface area contributed by atoms with Crippen LogP contribution in [0.15, 0.2) is 40.5 Å². The maximum Gasteiger partial charge on any atom is 0.343 e. The second-order valence-corrected chi connectivity index (χ2v) is 21.1. The Labute approximate surface area is 436 Å². The van der Waals surface area contributed by atoms with Crippen molar-refractivity contribution in [2.45, 2.75) is 135 Å². The lowest BCUT2D eigenvalue weighted by molar-refractivity contribution is -0.172. The number of carbonyl (C=O) groups is 5. The molecule has 0 saturated heterocycles. The Morgan fingerprint density at radius 3 is 2.39 bits per heavy atom. The lowest BCUT2D eigenvalue weighted by Gasteiger charge is -2.31. The highest BCUT2D eigenvalue weighted by atomic mass is 32.2. The average Bonchev–Trinajstić information content (AvgIpc) is 3.74. The summed E-state index contributed by atoms with van der Waals surface area (Å²) in [6.45, 7) is 13.0. The Kier molecular flexibility index (Phi) is 19.8. The van der Waals surface area contributed by atoms with Crippen molar-refractivity contribution in [3.63, 3.8) is 0 Å². The number of rotatable bonds is 25. The molecule has 0 saturated carbocycles. The summed E-state index contributed by atoms with van der Waals surface area (Å²) in [4.78, 5) is 94.5. The summed E-state index contributed by atoms with van der Waals surface area (Å²) in [5.41, 5.74) is 1.60. The number of aliphatic hydroxyl groups is 1. The van der Waals surface area contributed by atoms with E-state index in [1.807, 2.05) is 0 Å². The van der Waals surface area contributed by atoms with E-state index in [0.29, 0.717) is 65.5 Å². The monoisotopic (exact) mass is 1060 g/mol. The number of hydrogen-bond acceptors (Lipinski definition) is 15. The van der Waals surface area contributed by atoms with Crippen molar-refractivity contribution in [3.8, 4) is 23.2 Å². The number of halogens is 1. The lowest BCUT2D eigenvalue weighted by Crippen LogP contribution is -2.56. The Morgan fingerprint density at radius 1 is 0.973 bits per heavy atom. The SMILES string of the molecule is CCN(CC)CCCC[C@H](NC(=O)[C@@H](NC(=O)CCCC#Cc1cnc(S(C)(=O)=O)nc1)C(C)C)C(=O)NCC(=O)NCOCCCc1c2c(nc3cc(F)c(C)cc13)-c1cc3c(c(=O)n1C2)COC(=O)[C@]3(O)CC. The van der Waals surface area contributed by atoms with Gasteiger partial charge in [0.25, 0.3) is 5.56 Å². The highest BCUT2D eigenvalue weighted by Gasteiger charge is 2.45. The van der Waals surface area contributed by atoms with E-state index in [4.69, 9.17) is 14.5 Å². The summed E-state index contributed by atoms with van der Waals surface area (Å²) in [6, 6.07) is 2.73. The van der Waals surface area contributed by atoms with Gasteiger partial charge in [-0.1, -0.05) is 46.5 Å². The lowest BCUT2D eigenvalue weighted by atomic mass is 9.86. The fourth-order valence-corrected chi connectivity index (χ4v) is 9.58. The molecule has 1 aromatic carbocycles. The zero-order chi connectivity index (χ0) is 54.6. The normalized spacial score (nSPS) is 15.5. The van der Waals surface area contributed by atoms with Crippen molar-refractivity contribution < 1.29 is 51.4 Å². The maximum absolute atomic E-state index is 15.0. The summed E-state index contributed by atoms with van der Waals surface area (Å²) in [6.07, 6.45) is 6.95. The number of cyclic esters (lactones) is 1. The number of hydrogen-bond donors (Lipinski definition) is 5. The molecule has 6 rings (SSSR count). The van der Waals surface area contributed by atoms with Crippen molar-refractivity contribution in [3.05, 3.63) is 80.1 Å². The first kappa shape index (κ1) is 57.6. The number of amides is 4. The van der Waals surface area contributed by atoms with Crippen LogP contribution in [0.3, 0.4) is 0 Å². The summed E-state index contributed by atoms with van der Waals surface area (Å²) in [5.74, 6) is 2.12.